The van der Waals surface area contributed by atoms with Crippen molar-refractivity contribution in [1.29, 1.82) is 0 Å². The Labute approximate surface area is 98.7 Å². The second-order valence-electron chi connectivity index (χ2n) is 3.44. The Hall–Kier alpha value is -1.42. The summed E-state index contributed by atoms with van der Waals surface area (Å²) in [6, 6.07) is 2.59. The first-order chi connectivity index (χ1) is 7.45. The number of carbonyl (C=O) groups is 1. The smallest absolute Gasteiger partial charge is 0.180 e. The summed E-state index contributed by atoms with van der Waals surface area (Å²) in [6.45, 7) is 3.67. The minimum Gasteiger partial charge on any atom is -0.545 e. The van der Waals surface area contributed by atoms with Crippen molar-refractivity contribution in [1.82, 2.24) is 0 Å². The average molecular weight is 244 g/mol. The Kier molecular flexibility index (Phi) is 4.01. The van der Waals surface area contributed by atoms with Crippen LogP contribution >= 0.6 is 11.6 Å². The van der Waals surface area contributed by atoms with E-state index in [1.54, 1.807) is 0 Å². The van der Waals surface area contributed by atoms with Crippen LogP contribution in [0.4, 0.5) is 0 Å². The van der Waals surface area contributed by atoms with Crippen LogP contribution in [0.2, 0.25) is 5.02 Å². The zero-order chi connectivity index (χ0) is 12.3. The molecular weight excluding hydrogens is 232 g/mol. The number of hydrogen-bond acceptors (Lipinski definition) is 4. The summed E-state index contributed by atoms with van der Waals surface area (Å²) in [4.78, 5) is 10.7. The lowest BCUT2D eigenvalue weighted by Crippen LogP contribution is -2.22. The molecule has 0 bridgehead atoms. The normalized spacial score (nSPS) is 10.3. The molecule has 1 aromatic rings. The molecule has 0 unspecified atom stereocenters. The number of carbonyl (C=O) groups excluding carboxylic acids is 1. The van der Waals surface area contributed by atoms with Crippen LogP contribution in [0.5, 0.6) is 11.5 Å². The molecule has 16 heavy (non-hydrogen) atoms. The molecule has 0 aromatic heterocycles. The molecule has 0 aliphatic rings. The molecule has 88 valence electrons. The van der Waals surface area contributed by atoms with E-state index in [0.717, 1.165) is 0 Å². The van der Waals surface area contributed by atoms with Crippen LogP contribution in [0.1, 0.15) is 24.2 Å². The SMILES string of the molecule is COc1cc(C(=O)[O-])cc(Cl)c1OC(C)C. The lowest BCUT2D eigenvalue weighted by Gasteiger charge is -2.16. The van der Waals surface area contributed by atoms with Crippen LogP contribution in [-0.4, -0.2) is 19.2 Å². The minimum atomic E-state index is -1.31. The van der Waals surface area contributed by atoms with Crippen molar-refractivity contribution in [2.45, 2.75) is 20.0 Å². The maximum absolute atomic E-state index is 10.7. The average Bonchev–Trinajstić information content (AvgIpc) is 2.19. The van der Waals surface area contributed by atoms with E-state index in [1.807, 2.05) is 13.8 Å². The number of carboxylic acid groups (broad SMARTS) is 1. The van der Waals surface area contributed by atoms with Crippen molar-refractivity contribution in [3.63, 3.8) is 0 Å². The number of rotatable bonds is 4. The fourth-order valence-corrected chi connectivity index (χ4v) is 1.44. The maximum atomic E-state index is 10.7. The summed E-state index contributed by atoms with van der Waals surface area (Å²) in [7, 11) is 1.41. The van der Waals surface area contributed by atoms with Gasteiger partial charge in [-0.3, -0.25) is 0 Å². The van der Waals surface area contributed by atoms with E-state index in [9.17, 15) is 9.90 Å². The quantitative estimate of drug-likeness (QED) is 0.804. The standard InChI is InChI=1S/C11H13ClO4/c1-6(2)16-10-8(12)4-7(11(13)14)5-9(10)15-3/h4-6H,1-3H3,(H,13,14)/p-1. The zero-order valence-electron chi connectivity index (χ0n) is 9.24. The second-order valence-corrected chi connectivity index (χ2v) is 3.85. The molecule has 0 atom stereocenters. The van der Waals surface area contributed by atoms with Crippen LogP contribution in [0.25, 0.3) is 0 Å². The number of ether oxygens (including phenoxy) is 2. The molecule has 1 aromatic carbocycles. The lowest BCUT2D eigenvalue weighted by molar-refractivity contribution is -0.255. The van der Waals surface area contributed by atoms with Gasteiger partial charge in [-0.05, 0) is 26.0 Å². The predicted octanol–water partition coefficient (Wildman–Crippen LogP) is 1.50. The fourth-order valence-electron chi connectivity index (χ4n) is 1.19. The van der Waals surface area contributed by atoms with Crippen molar-refractivity contribution >= 4 is 17.6 Å². The molecule has 0 heterocycles. The first-order valence-electron chi connectivity index (χ1n) is 4.71. The van der Waals surface area contributed by atoms with Crippen molar-refractivity contribution in [2.75, 3.05) is 7.11 Å². The molecule has 0 aliphatic carbocycles. The van der Waals surface area contributed by atoms with Crippen molar-refractivity contribution < 1.29 is 19.4 Å². The van der Waals surface area contributed by atoms with Gasteiger partial charge >= 0.3 is 0 Å². The number of halogens is 1. The van der Waals surface area contributed by atoms with Crippen molar-refractivity contribution in [3.8, 4) is 11.5 Å². The van der Waals surface area contributed by atoms with Crippen LogP contribution in [0, 0.1) is 0 Å². The van der Waals surface area contributed by atoms with Gasteiger partial charge in [0, 0.05) is 5.56 Å². The molecule has 0 radical (unpaired) electrons. The lowest BCUT2D eigenvalue weighted by atomic mass is 10.2. The van der Waals surface area contributed by atoms with Gasteiger partial charge in [-0.1, -0.05) is 11.6 Å². The predicted molar refractivity (Wildman–Crippen MR) is 58.1 cm³/mol. The van der Waals surface area contributed by atoms with Gasteiger partial charge in [0.2, 0.25) is 0 Å². The van der Waals surface area contributed by atoms with E-state index in [-0.39, 0.29) is 22.4 Å². The third-order valence-corrected chi connectivity index (χ3v) is 2.10. The first-order valence-corrected chi connectivity index (χ1v) is 5.09. The van der Waals surface area contributed by atoms with Crippen molar-refractivity contribution in [2.24, 2.45) is 0 Å². The number of carboxylic acids is 1. The van der Waals surface area contributed by atoms with Gasteiger partial charge in [-0.25, -0.2) is 0 Å². The van der Waals surface area contributed by atoms with E-state index < -0.39 is 5.97 Å². The highest BCUT2D eigenvalue weighted by atomic mass is 35.5. The second kappa shape index (κ2) is 5.07. The molecule has 0 fully saturated rings. The van der Waals surface area contributed by atoms with E-state index in [2.05, 4.69) is 0 Å². The van der Waals surface area contributed by atoms with E-state index in [4.69, 9.17) is 21.1 Å². The minimum absolute atomic E-state index is 0.0436. The zero-order valence-corrected chi connectivity index (χ0v) is 10.00. The molecular formula is C11H12ClO4-. The summed E-state index contributed by atoms with van der Waals surface area (Å²) >= 11 is 5.91. The van der Waals surface area contributed by atoms with Gasteiger partial charge < -0.3 is 19.4 Å². The topological polar surface area (TPSA) is 58.6 Å². The van der Waals surface area contributed by atoms with Crippen LogP contribution in [0.3, 0.4) is 0 Å². The maximum Gasteiger partial charge on any atom is 0.180 e. The highest BCUT2D eigenvalue weighted by Crippen LogP contribution is 2.36. The first kappa shape index (κ1) is 12.6. The Morgan fingerprint density at radius 1 is 1.44 bits per heavy atom. The summed E-state index contributed by atoms with van der Waals surface area (Å²) in [5.41, 5.74) is -0.0436. The van der Waals surface area contributed by atoms with E-state index in [0.29, 0.717) is 5.75 Å². The Bertz CT molecular complexity index is 401. The van der Waals surface area contributed by atoms with Gasteiger partial charge in [0.25, 0.3) is 0 Å². The summed E-state index contributed by atoms with van der Waals surface area (Å²) in [5, 5.41) is 10.9. The summed E-state index contributed by atoms with van der Waals surface area (Å²) in [6.07, 6.45) is -0.0831. The van der Waals surface area contributed by atoms with Gasteiger partial charge in [-0.15, -0.1) is 0 Å². The Morgan fingerprint density at radius 3 is 2.50 bits per heavy atom. The van der Waals surface area contributed by atoms with Gasteiger partial charge in [0.15, 0.2) is 11.5 Å². The molecule has 0 amide bonds. The number of hydrogen-bond donors (Lipinski definition) is 0. The summed E-state index contributed by atoms with van der Waals surface area (Å²) in [5.74, 6) is -0.694. The number of benzene rings is 1. The largest absolute Gasteiger partial charge is 0.545 e. The van der Waals surface area contributed by atoms with Crippen molar-refractivity contribution in [3.05, 3.63) is 22.7 Å². The fraction of sp³-hybridized carbons (Fsp3) is 0.364. The molecule has 0 aliphatic heterocycles. The van der Waals surface area contributed by atoms with Gasteiger partial charge in [-0.2, -0.15) is 0 Å². The Morgan fingerprint density at radius 2 is 2.06 bits per heavy atom. The van der Waals surface area contributed by atoms with Crippen LogP contribution in [0.15, 0.2) is 12.1 Å². The monoisotopic (exact) mass is 243 g/mol. The number of methoxy groups -OCH3 is 1. The van der Waals surface area contributed by atoms with E-state index in [1.165, 1.54) is 19.2 Å². The highest BCUT2D eigenvalue weighted by molar-refractivity contribution is 6.32. The van der Waals surface area contributed by atoms with Crippen LogP contribution in [-0.2, 0) is 0 Å². The van der Waals surface area contributed by atoms with E-state index >= 15 is 0 Å². The molecule has 1 rings (SSSR count). The summed E-state index contributed by atoms with van der Waals surface area (Å²) < 4.78 is 10.4. The highest BCUT2D eigenvalue weighted by Gasteiger charge is 2.13. The molecule has 5 heteroatoms. The molecule has 0 saturated heterocycles. The Balaban J connectivity index is 3.23. The molecule has 0 N–H and O–H groups in total. The third kappa shape index (κ3) is 2.79. The van der Waals surface area contributed by atoms with Crippen LogP contribution < -0.4 is 14.6 Å². The third-order valence-electron chi connectivity index (χ3n) is 1.82. The molecule has 4 nitrogen and oxygen atoms in total. The van der Waals surface area contributed by atoms with Gasteiger partial charge in [0.05, 0.1) is 24.2 Å². The number of aromatic carboxylic acids is 1. The molecule has 0 saturated carbocycles. The molecule has 0 spiro atoms. The van der Waals surface area contributed by atoms with Gasteiger partial charge in [0.1, 0.15) is 0 Å².